The summed E-state index contributed by atoms with van der Waals surface area (Å²) in [6.45, 7) is 3.59. The molecule has 0 spiro atoms. The number of hydrogen-bond acceptors (Lipinski definition) is 3. The topological polar surface area (TPSA) is 59.2 Å². The van der Waals surface area contributed by atoms with Crippen LogP contribution < -0.4 is 5.73 Å². The molecule has 0 bridgehead atoms. The number of hydrogen-bond donors (Lipinski definition) is 1. The Bertz CT molecular complexity index is 446. The molecule has 1 aliphatic rings. The van der Waals surface area contributed by atoms with Crippen molar-refractivity contribution in [1.29, 1.82) is 0 Å². The predicted octanol–water partition coefficient (Wildman–Crippen LogP) is 2.69. The molecular weight excluding hydrogens is 294 g/mol. The van der Waals surface area contributed by atoms with Gasteiger partial charge in [0.1, 0.15) is 5.82 Å². The van der Waals surface area contributed by atoms with Crippen molar-refractivity contribution in [2.24, 2.45) is 5.92 Å². The van der Waals surface area contributed by atoms with Gasteiger partial charge >= 0.3 is 0 Å². The summed E-state index contributed by atoms with van der Waals surface area (Å²) in [6.07, 6.45) is 5.36. The highest BCUT2D eigenvalue weighted by Gasteiger charge is 2.24. The maximum Gasteiger partial charge on any atom is 0.255 e. The van der Waals surface area contributed by atoms with Crippen LogP contribution in [0.5, 0.6) is 0 Å². The first-order chi connectivity index (χ1) is 8.61. The minimum atomic E-state index is 0.0328. The number of pyridine rings is 1. The Balaban J connectivity index is 2.14. The van der Waals surface area contributed by atoms with E-state index in [0.29, 0.717) is 21.8 Å². The molecule has 0 aromatic carbocycles. The Morgan fingerprint density at radius 2 is 2.33 bits per heavy atom. The number of aromatic nitrogens is 1. The van der Waals surface area contributed by atoms with Gasteiger partial charge in [-0.2, -0.15) is 0 Å². The minimum absolute atomic E-state index is 0.0328. The molecule has 1 aromatic heterocycles. The molecule has 5 heteroatoms. The predicted molar refractivity (Wildman–Crippen MR) is 75.3 cm³/mol. The lowest BCUT2D eigenvalue weighted by Gasteiger charge is -2.32. The third-order valence-electron chi connectivity index (χ3n) is 3.48. The van der Waals surface area contributed by atoms with E-state index in [4.69, 9.17) is 5.73 Å². The molecule has 0 saturated heterocycles. The SMILES string of the molecule is CCN(CC1CCC1)C(=O)c1cc(N)ncc1Br. The summed E-state index contributed by atoms with van der Waals surface area (Å²) in [5.74, 6) is 1.08. The Labute approximate surface area is 116 Å². The second-order valence-corrected chi connectivity index (χ2v) is 5.58. The van der Waals surface area contributed by atoms with E-state index < -0.39 is 0 Å². The molecule has 1 aliphatic carbocycles. The van der Waals surface area contributed by atoms with Crippen molar-refractivity contribution < 1.29 is 4.79 Å². The summed E-state index contributed by atoms with van der Waals surface area (Å²) in [7, 11) is 0. The highest BCUT2D eigenvalue weighted by molar-refractivity contribution is 9.10. The van der Waals surface area contributed by atoms with Gasteiger partial charge in [-0.05, 0) is 47.7 Å². The summed E-state index contributed by atoms with van der Waals surface area (Å²) in [5, 5.41) is 0. The molecule has 4 nitrogen and oxygen atoms in total. The number of halogens is 1. The summed E-state index contributed by atoms with van der Waals surface area (Å²) >= 11 is 3.36. The maximum atomic E-state index is 12.4. The minimum Gasteiger partial charge on any atom is -0.384 e. The molecule has 1 saturated carbocycles. The molecule has 0 aliphatic heterocycles. The Hall–Kier alpha value is -1.10. The molecule has 1 heterocycles. The average Bonchev–Trinajstić information content (AvgIpc) is 2.30. The van der Waals surface area contributed by atoms with Gasteiger partial charge in [-0.25, -0.2) is 4.98 Å². The third kappa shape index (κ3) is 2.83. The Morgan fingerprint density at radius 3 is 2.89 bits per heavy atom. The van der Waals surface area contributed by atoms with Crippen molar-refractivity contribution in [3.05, 3.63) is 22.3 Å². The van der Waals surface area contributed by atoms with Crippen molar-refractivity contribution in [2.75, 3.05) is 18.8 Å². The molecule has 1 amide bonds. The van der Waals surface area contributed by atoms with Crippen LogP contribution >= 0.6 is 15.9 Å². The third-order valence-corrected chi connectivity index (χ3v) is 4.11. The fourth-order valence-electron chi connectivity index (χ4n) is 2.13. The van der Waals surface area contributed by atoms with Crippen LogP contribution in [0.1, 0.15) is 36.5 Å². The molecule has 2 rings (SSSR count). The van der Waals surface area contributed by atoms with Crippen LogP contribution in [0.2, 0.25) is 0 Å². The van der Waals surface area contributed by atoms with E-state index in [-0.39, 0.29) is 5.91 Å². The highest BCUT2D eigenvalue weighted by atomic mass is 79.9. The molecule has 1 aromatic rings. The van der Waals surface area contributed by atoms with Crippen LogP contribution in [-0.4, -0.2) is 28.9 Å². The lowest BCUT2D eigenvalue weighted by Crippen LogP contribution is -2.37. The van der Waals surface area contributed by atoms with E-state index in [9.17, 15) is 4.79 Å². The van der Waals surface area contributed by atoms with Gasteiger partial charge in [0.25, 0.3) is 5.91 Å². The summed E-state index contributed by atoms with van der Waals surface area (Å²) in [4.78, 5) is 18.3. The second kappa shape index (κ2) is 5.69. The zero-order valence-electron chi connectivity index (χ0n) is 10.5. The monoisotopic (exact) mass is 311 g/mol. The number of carbonyl (C=O) groups excluding carboxylic acids is 1. The van der Waals surface area contributed by atoms with Gasteiger partial charge in [0.15, 0.2) is 0 Å². The lowest BCUT2D eigenvalue weighted by molar-refractivity contribution is 0.0705. The zero-order valence-corrected chi connectivity index (χ0v) is 12.1. The van der Waals surface area contributed by atoms with Crippen molar-refractivity contribution >= 4 is 27.7 Å². The number of anilines is 1. The largest absolute Gasteiger partial charge is 0.384 e. The van der Waals surface area contributed by atoms with E-state index in [1.54, 1.807) is 12.3 Å². The van der Waals surface area contributed by atoms with Gasteiger partial charge in [0, 0.05) is 23.8 Å². The second-order valence-electron chi connectivity index (χ2n) is 4.73. The molecule has 18 heavy (non-hydrogen) atoms. The lowest BCUT2D eigenvalue weighted by atomic mass is 9.85. The first-order valence-electron chi connectivity index (χ1n) is 6.32. The number of nitrogens with zero attached hydrogens (tertiary/aromatic N) is 2. The summed E-state index contributed by atoms with van der Waals surface area (Å²) in [6, 6.07) is 1.63. The van der Waals surface area contributed by atoms with E-state index in [2.05, 4.69) is 20.9 Å². The molecular formula is C13H18BrN3O. The standard InChI is InChI=1S/C13H18BrN3O/c1-2-17(8-9-4-3-5-9)13(18)10-6-12(15)16-7-11(10)14/h6-7,9H,2-5,8H2,1H3,(H2,15,16). The number of rotatable bonds is 4. The van der Waals surface area contributed by atoms with Crippen LogP contribution in [-0.2, 0) is 0 Å². The van der Waals surface area contributed by atoms with Gasteiger partial charge < -0.3 is 10.6 Å². The number of carbonyl (C=O) groups is 1. The molecule has 1 fully saturated rings. The number of nitrogen functional groups attached to an aromatic ring is 1. The number of amides is 1. The van der Waals surface area contributed by atoms with E-state index in [0.717, 1.165) is 13.1 Å². The quantitative estimate of drug-likeness (QED) is 0.930. The van der Waals surface area contributed by atoms with Gasteiger partial charge in [0.2, 0.25) is 0 Å². The van der Waals surface area contributed by atoms with Crippen LogP contribution in [0.3, 0.4) is 0 Å². The summed E-state index contributed by atoms with van der Waals surface area (Å²) < 4.78 is 0.703. The van der Waals surface area contributed by atoms with Crippen molar-refractivity contribution in [1.82, 2.24) is 9.88 Å². The van der Waals surface area contributed by atoms with Gasteiger partial charge in [-0.3, -0.25) is 4.79 Å². The Kier molecular flexibility index (Phi) is 4.22. The zero-order chi connectivity index (χ0) is 13.1. The normalized spacial score (nSPS) is 15.2. The summed E-state index contributed by atoms with van der Waals surface area (Å²) in [5.41, 5.74) is 6.24. The van der Waals surface area contributed by atoms with Crippen molar-refractivity contribution in [3.63, 3.8) is 0 Å². The first kappa shape index (κ1) is 13.3. The van der Waals surface area contributed by atoms with Gasteiger partial charge in [-0.1, -0.05) is 6.42 Å². The van der Waals surface area contributed by atoms with Crippen LogP contribution in [0, 0.1) is 5.92 Å². The van der Waals surface area contributed by atoms with Gasteiger partial charge in [0.05, 0.1) is 5.56 Å². The van der Waals surface area contributed by atoms with Crippen LogP contribution in [0.4, 0.5) is 5.82 Å². The van der Waals surface area contributed by atoms with E-state index in [1.807, 2.05) is 11.8 Å². The number of nitrogens with two attached hydrogens (primary N) is 1. The molecule has 0 radical (unpaired) electrons. The van der Waals surface area contributed by atoms with Crippen molar-refractivity contribution in [2.45, 2.75) is 26.2 Å². The molecule has 0 unspecified atom stereocenters. The van der Waals surface area contributed by atoms with Crippen LogP contribution in [0.25, 0.3) is 0 Å². The average molecular weight is 312 g/mol. The fraction of sp³-hybridized carbons (Fsp3) is 0.538. The highest BCUT2D eigenvalue weighted by Crippen LogP contribution is 2.28. The molecule has 98 valence electrons. The smallest absolute Gasteiger partial charge is 0.255 e. The first-order valence-corrected chi connectivity index (χ1v) is 7.11. The Morgan fingerprint density at radius 1 is 1.61 bits per heavy atom. The van der Waals surface area contributed by atoms with Gasteiger partial charge in [-0.15, -0.1) is 0 Å². The van der Waals surface area contributed by atoms with Crippen molar-refractivity contribution in [3.8, 4) is 0 Å². The van der Waals surface area contributed by atoms with E-state index in [1.165, 1.54) is 19.3 Å². The van der Waals surface area contributed by atoms with E-state index >= 15 is 0 Å². The maximum absolute atomic E-state index is 12.4. The molecule has 0 atom stereocenters. The molecule has 2 N–H and O–H groups in total. The van der Waals surface area contributed by atoms with Crippen LogP contribution in [0.15, 0.2) is 16.7 Å². The fourth-order valence-corrected chi connectivity index (χ4v) is 2.52.